The van der Waals surface area contributed by atoms with Crippen molar-refractivity contribution in [3.8, 4) is 0 Å². The number of hydrogen-bond acceptors (Lipinski definition) is 1. The molecule has 1 aromatic heterocycles. The van der Waals surface area contributed by atoms with E-state index in [1.807, 2.05) is 13.8 Å². The maximum atomic E-state index is 12.7. The largest absolute Gasteiger partial charge is 0.433 e. The van der Waals surface area contributed by atoms with Crippen molar-refractivity contribution in [3.63, 3.8) is 0 Å². The molecule has 1 rings (SSSR count). The predicted molar refractivity (Wildman–Crippen MR) is 57.4 cm³/mol. The van der Waals surface area contributed by atoms with Gasteiger partial charge in [0.15, 0.2) is 0 Å². The third kappa shape index (κ3) is 2.74. The van der Waals surface area contributed by atoms with E-state index in [0.29, 0.717) is 0 Å². The van der Waals surface area contributed by atoms with Gasteiger partial charge in [-0.1, -0.05) is 33.8 Å². The molecule has 0 aromatic carbocycles. The smallest absolute Gasteiger partial charge is 0.251 e. The third-order valence-corrected chi connectivity index (χ3v) is 2.50. The van der Waals surface area contributed by atoms with Crippen LogP contribution in [0.25, 0.3) is 0 Å². The second-order valence-corrected chi connectivity index (χ2v) is 4.51. The Balaban J connectivity index is 3.31. The lowest BCUT2D eigenvalue weighted by atomic mass is 9.96. The Morgan fingerprint density at radius 2 is 1.62 bits per heavy atom. The molecular weight excluding hydrogens is 215 g/mol. The van der Waals surface area contributed by atoms with Crippen molar-refractivity contribution in [2.24, 2.45) is 0 Å². The number of alkyl halides is 3. The maximum Gasteiger partial charge on any atom is 0.433 e. The average molecular weight is 231 g/mol. The van der Waals surface area contributed by atoms with Gasteiger partial charge >= 0.3 is 6.18 Å². The minimum atomic E-state index is -4.37. The van der Waals surface area contributed by atoms with Crippen molar-refractivity contribution in [1.29, 1.82) is 0 Å². The zero-order valence-corrected chi connectivity index (χ0v) is 9.89. The fourth-order valence-corrected chi connectivity index (χ4v) is 1.49. The van der Waals surface area contributed by atoms with Gasteiger partial charge in [0.25, 0.3) is 0 Å². The Bertz CT molecular complexity index is 367. The van der Waals surface area contributed by atoms with Gasteiger partial charge in [-0.2, -0.15) is 13.2 Å². The van der Waals surface area contributed by atoms with Crippen LogP contribution in [0.5, 0.6) is 0 Å². The molecule has 0 atom stereocenters. The molecule has 16 heavy (non-hydrogen) atoms. The van der Waals surface area contributed by atoms with Gasteiger partial charge in [0.05, 0.1) is 0 Å². The van der Waals surface area contributed by atoms with E-state index in [4.69, 9.17) is 0 Å². The second kappa shape index (κ2) is 4.44. The fourth-order valence-electron chi connectivity index (χ4n) is 1.49. The van der Waals surface area contributed by atoms with E-state index < -0.39 is 11.9 Å². The van der Waals surface area contributed by atoms with Crippen LogP contribution in [0.3, 0.4) is 0 Å². The van der Waals surface area contributed by atoms with E-state index in [0.717, 1.165) is 5.56 Å². The molecule has 0 bridgehead atoms. The molecule has 0 N–H and O–H groups in total. The summed E-state index contributed by atoms with van der Waals surface area (Å²) in [6, 6.07) is 1.62. The van der Waals surface area contributed by atoms with Gasteiger partial charge in [0, 0.05) is 6.20 Å². The van der Waals surface area contributed by atoms with Crippen LogP contribution in [0, 0.1) is 0 Å². The zero-order valence-electron chi connectivity index (χ0n) is 9.89. The summed E-state index contributed by atoms with van der Waals surface area (Å²) < 4.78 is 38.0. The molecule has 90 valence electrons. The molecule has 0 amide bonds. The van der Waals surface area contributed by atoms with Crippen LogP contribution in [0.2, 0.25) is 0 Å². The number of rotatable bonds is 2. The summed E-state index contributed by atoms with van der Waals surface area (Å²) in [4.78, 5) is 3.57. The Hall–Kier alpha value is -1.06. The Kier molecular flexibility index (Phi) is 3.61. The molecule has 0 aliphatic carbocycles. The van der Waals surface area contributed by atoms with E-state index in [-0.39, 0.29) is 17.4 Å². The van der Waals surface area contributed by atoms with Crippen molar-refractivity contribution in [2.75, 3.05) is 0 Å². The van der Waals surface area contributed by atoms with Crippen molar-refractivity contribution >= 4 is 0 Å². The third-order valence-electron chi connectivity index (χ3n) is 2.50. The lowest BCUT2D eigenvalue weighted by molar-refractivity contribution is -0.142. The summed E-state index contributed by atoms with van der Waals surface area (Å²) in [6.07, 6.45) is -3.05. The second-order valence-electron chi connectivity index (χ2n) is 4.51. The highest BCUT2D eigenvalue weighted by atomic mass is 19.4. The van der Waals surface area contributed by atoms with E-state index in [1.54, 1.807) is 19.9 Å². The van der Waals surface area contributed by atoms with Crippen LogP contribution in [0.1, 0.15) is 56.4 Å². The average Bonchev–Trinajstić information content (AvgIpc) is 2.15. The van der Waals surface area contributed by atoms with E-state index >= 15 is 0 Å². The first kappa shape index (κ1) is 13.0. The van der Waals surface area contributed by atoms with Gasteiger partial charge in [-0.3, -0.25) is 4.98 Å². The molecule has 1 heterocycles. The molecule has 4 heteroatoms. The van der Waals surface area contributed by atoms with Gasteiger partial charge in [-0.25, -0.2) is 0 Å². The summed E-state index contributed by atoms with van der Waals surface area (Å²) >= 11 is 0. The van der Waals surface area contributed by atoms with Crippen molar-refractivity contribution in [1.82, 2.24) is 4.98 Å². The minimum absolute atomic E-state index is 0.178. The van der Waals surface area contributed by atoms with Crippen LogP contribution in [0.15, 0.2) is 12.3 Å². The van der Waals surface area contributed by atoms with Gasteiger partial charge in [0.1, 0.15) is 5.69 Å². The highest BCUT2D eigenvalue weighted by Gasteiger charge is 2.36. The molecule has 0 unspecified atom stereocenters. The molecule has 0 radical (unpaired) electrons. The topological polar surface area (TPSA) is 12.9 Å². The Labute approximate surface area is 93.7 Å². The molecule has 0 fully saturated rings. The monoisotopic (exact) mass is 231 g/mol. The van der Waals surface area contributed by atoms with E-state index in [9.17, 15) is 13.2 Å². The normalized spacial score (nSPS) is 12.6. The van der Waals surface area contributed by atoms with Crippen molar-refractivity contribution in [3.05, 3.63) is 29.1 Å². The van der Waals surface area contributed by atoms with E-state index in [1.165, 1.54) is 6.20 Å². The van der Waals surface area contributed by atoms with Crippen LogP contribution in [0.4, 0.5) is 13.2 Å². The number of aromatic nitrogens is 1. The summed E-state index contributed by atoms with van der Waals surface area (Å²) in [7, 11) is 0. The molecule has 1 aromatic rings. The first-order chi connectivity index (χ1) is 7.23. The van der Waals surface area contributed by atoms with Crippen LogP contribution < -0.4 is 0 Å². The van der Waals surface area contributed by atoms with Crippen LogP contribution in [-0.4, -0.2) is 4.98 Å². The van der Waals surface area contributed by atoms with Gasteiger partial charge in [0.2, 0.25) is 0 Å². The fraction of sp³-hybridized carbons (Fsp3) is 0.583. The predicted octanol–water partition coefficient (Wildman–Crippen LogP) is 4.35. The molecule has 0 aliphatic heterocycles. The molecule has 0 spiro atoms. The highest BCUT2D eigenvalue weighted by Crippen LogP contribution is 2.34. The summed E-state index contributed by atoms with van der Waals surface area (Å²) in [5.74, 6) is 0.00936. The first-order valence-electron chi connectivity index (χ1n) is 5.30. The van der Waals surface area contributed by atoms with Crippen molar-refractivity contribution in [2.45, 2.75) is 45.7 Å². The van der Waals surface area contributed by atoms with Gasteiger partial charge in [-0.05, 0) is 23.0 Å². The maximum absolute atomic E-state index is 12.7. The molecular formula is C12H16F3N. The van der Waals surface area contributed by atoms with Crippen LogP contribution >= 0.6 is 0 Å². The quantitative estimate of drug-likeness (QED) is 0.737. The lowest BCUT2D eigenvalue weighted by Crippen LogP contribution is -2.13. The number of pyridine rings is 1. The molecule has 1 nitrogen and oxygen atoms in total. The molecule has 0 saturated carbocycles. The zero-order chi connectivity index (χ0) is 12.5. The van der Waals surface area contributed by atoms with Crippen LogP contribution in [-0.2, 0) is 6.18 Å². The highest BCUT2D eigenvalue weighted by molar-refractivity contribution is 5.31. The first-order valence-corrected chi connectivity index (χ1v) is 5.30. The summed E-state index contributed by atoms with van der Waals surface area (Å²) in [5.41, 5.74) is 0.363. The van der Waals surface area contributed by atoms with Crippen molar-refractivity contribution < 1.29 is 13.2 Å². The lowest BCUT2D eigenvalue weighted by Gasteiger charge is -2.16. The SMILES string of the molecule is CC(C)c1cnc(C(F)(F)F)c(C(C)C)c1. The Morgan fingerprint density at radius 1 is 1.06 bits per heavy atom. The van der Waals surface area contributed by atoms with Gasteiger partial charge < -0.3 is 0 Å². The number of hydrogen-bond donors (Lipinski definition) is 0. The standard InChI is InChI=1S/C12H16F3N/c1-7(2)9-5-10(8(3)4)11(16-6-9)12(13,14)15/h5-8H,1-4H3. The summed E-state index contributed by atoms with van der Waals surface area (Å²) in [6.45, 7) is 7.37. The minimum Gasteiger partial charge on any atom is -0.251 e. The summed E-state index contributed by atoms with van der Waals surface area (Å²) in [5, 5.41) is 0. The van der Waals surface area contributed by atoms with Gasteiger partial charge in [-0.15, -0.1) is 0 Å². The number of halogens is 3. The van der Waals surface area contributed by atoms with E-state index in [2.05, 4.69) is 4.98 Å². The molecule has 0 aliphatic rings. The molecule has 0 saturated heterocycles. The number of nitrogens with zero attached hydrogens (tertiary/aromatic N) is 1. The Morgan fingerprint density at radius 3 is 2.00 bits per heavy atom.